The number of rotatable bonds is 3. The number of halogens is 2. The minimum absolute atomic E-state index is 0.0345. The average molecular weight is 464 g/mol. The van der Waals surface area contributed by atoms with Crippen molar-refractivity contribution in [2.24, 2.45) is 0 Å². The van der Waals surface area contributed by atoms with Gasteiger partial charge in [0.2, 0.25) is 0 Å². The lowest BCUT2D eigenvalue weighted by atomic mass is 10.1. The fourth-order valence-corrected chi connectivity index (χ4v) is 5.06. The van der Waals surface area contributed by atoms with E-state index in [1.165, 1.54) is 10.6 Å². The number of aryl methyl sites for hydroxylation is 1. The summed E-state index contributed by atoms with van der Waals surface area (Å²) in [5.74, 6) is 0.871. The van der Waals surface area contributed by atoms with Gasteiger partial charge in [0.05, 0.1) is 22.2 Å². The van der Waals surface area contributed by atoms with Gasteiger partial charge in [0.1, 0.15) is 5.82 Å². The molecule has 2 heterocycles. The van der Waals surface area contributed by atoms with E-state index in [2.05, 4.69) is 0 Å². The van der Waals surface area contributed by atoms with Gasteiger partial charge in [-0.15, -0.1) is 0 Å². The van der Waals surface area contributed by atoms with Crippen LogP contribution >= 0.6 is 23.2 Å². The summed E-state index contributed by atoms with van der Waals surface area (Å²) in [5, 5.41) is 0.846. The van der Waals surface area contributed by atoms with E-state index in [0.29, 0.717) is 32.9 Å². The summed E-state index contributed by atoms with van der Waals surface area (Å²) in [5.41, 5.74) is 2.01. The molecule has 0 atom stereocenters. The van der Waals surface area contributed by atoms with E-state index in [9.17, 15) is 13.2 Å². The lowest BCUT2D eigenvalue weighted by Crippen LogP contribution is -2.41. The zero-order valence-electron chi connectivity index (χ0n) is 16.2. The quantitative estimate of drug-likeness (QED) is 0.591. The molecule has 0 saturated carbocycles. The average Bonchev–Trinajstić information content (AvgIpc) is 2.68. The summed E-state index contributed by atoms with van der Waals surface area (Å²) in [6.45, 7) is 2.55. The Morgan fingerprint density at radius 3 is 2.27 bits per heavy atom. The summed E-state index contributed by atoms with van der Waals surface area (Å²) in [6, 6.07) is 14.0. The third-order valence-electron chi connectivity index (χ3n) is 5.04. The van der Waals surface area contributed by atoms with Crippen LogP contribution < -0.4 is 10.5 Å². The predicted octanol–water partition coefficient (Wildman–Crippen LogP) is 3.75. The molecular formula is C21H19Cl2N3O3S. The first-order chi connectivity index (χ1) is 14.2. The second-order valence-corrected chi connectivity index (χ2v) is 10.4. The Balaban J connectivity index is 1.90. The number of nitrogens with zero attached hydrogens (tertiary/aromatic N) is 3. The summed E-state index contributed by atoms with van der Waals surface area (Å²) in [4.78, 5) is 19.7. The van der Waals surface area contributed by atoms with Crippen LogP contribution in [0.1, 0.15) is 5.56 Å². The first-order valence-corrected chi connectivity index (χ1v) is 11.9. The molecule has 0 unspecified atom stereocenters. The highest BCUT2D eigenvalue weighted by Crippen LogP contribution is 2.31. The van der Waals surface area contributed by atoms with Gasteiger partial charge in [-0.3, -0.25) is 9.36 Å². The van der Waals surface area contributed by atoms with E-state index in [0.717, 1.165) is 5.56 Å². The minimum Gasteiger partial charge on any atom is -0.354 e. The topological polar surface area (TPSA) is 72.3 Å². The zero-order chi connectivity index (χ0) is 21.5. The monoisotopic (exact) mass is 463 g/mol. The van der Waals surface area contributed by atoms with E-state index < -0.39 is 9.84 Å². The number of hydrogen-bond donors (Lipinski definition) is 0. The SMILES string of the molecule is Cc1ccc(-n2c(-c3ccc(Cl)cc3Cl)nc(N3CCS(=O)(=O)CC3)cc2=O)cc1. The molecule has 1 aromatic heterocycles. The normalized spacial score (nSPS) is 15.9. The van der Waals surface area contributed by atoms with Gasteiger partial charge in [-0.25, -0.2) is 13.4 Å². The number of anilines is 1. The van der Waals surface area contributed by atoms with Gasteiger partial charge in [-0.2, -0.15) is 0 Å². The summed E-state index contributed by atoms with van der Waals surface area (Å²) in [6.07, 6.45) is 0. The van der Waals surface area contributed by atoms with Crippen LogP contribution in [-0.2, 0) is 9.84 Å². The van der Waals surface area contributed by atoms with E-state index in [1.54, 1.807) is 18.2 Å². The van der Waals surface area contributed by atoms with Crippen LogP contribution in [0.3, 0.4) is 0 Å². The smallest absolute Gasteiger partial charge is 0.260 e. The van der Waals surface area contributed by atoms with Crippen LogP contribution in [0.5, 0.6) is 0 Å². The number of benzene rings is 2. The molecule has 0 amide bonds. The van der Waals surface area contributed by atoms with Crippen LogP contribution in [0.2, 0.25) is 10.0 Å². The Bertz CT molecular complexity index is 1260. The Kier molecular flexibility index (Phi) is 5.61. The van der Waals surface area contributed by atoms with Crippen molar-refractivity contribution in [3.63, 3.8) is 0 Å². The molecule has 30 heavy (non-hydrogen) atoms. The van der Waals surface area contributed by atoms with Crippen molar-refractivity contribution in [2.45, 2.75) is 6.92 Å². The molecule has 1 fully saturated rings. The molecule has 6 nitrogen and oxygen atoms in total. The molecule has 4 rings (SSSR count). The van der Waals surface area contributed by atoms with Gasteiger partial charge in [0.25, 0.3) is 5.56 Å². The van der Waals surface area contributed by atoms with Gasteiger partial charge in [0, 0.05) is 29.7 Å². The third-order valence-corrected chi connectivity index (χ3v) is 7.19. The maximum Gasteiger partial charge on any atom is 0.260 e. The van der Waals surface area contributed by atoms with Crippen molar-refractivity contribution in [3.8, 4) is 17.1 Å². The molecule has 0 N–H and O–H groups in total. The molecule has 1 aliphatic rings. The van der Waals surface area contributed by atoms with E-state index >= 15 is 0 Å². The molecule has 156 valence electrons. The maximum atomic E-state index is 13.2. The molecule has 3 aromatic rings. The Labute approximate surface area is 184 Å². The fraction of sp³-hybridized carbons (Fsp3) is 0.238. The molecule has 0 aliphatic carbocycles. The van der Waals surface area contributed by atoms with Crippen LogP contribution in [0.4, 0.5) is 5.82 Å². The Morgan fingerprint density at radius 2 is 1.63 bits per heavy atom. The minimum atomic E-state index is -3.05. The van der Waals surface area contributed by atoms with E-state index in [1.807, 2.05) is 36.1 Å². The summed E-state index contributed by atoms with van der Waals surface area (Å²) in [7, 11) is -3.05. The zero-order valence-corrected chi connectivity index (χ0v) is 18.5. The first-order valence-electron chi connectivity index (χ1n) is 9.35. The largest absolute Gasteiger partial charge is 0.354 e. The van der Waals surface area contributed by atoms with Crippen molar-refractivity contribution in [1.82, 2.24) is 9.55 Å². The number of hydrogen-bond acceptors (Lipinski definition) is 5. The van der Waals surface area contributed by atoms with Gasteiger partial charge in [-0.1, -0.05) is 40.9 Å². The second kappa shape index (κ2) is 8.06. The molecule has 9 heteroatoms. The fourth-order valence-electron chi connectivity index (χ4n) is 3.37. The van der Waals surface area contributed by atoms with Crippen molar-refractivity contribution in [2.75, 3.05) is 29.5 Å². The molecule has 2 aromatic carbocycles. The highest BCUT2D eigenvalue weighted by atomic mass is 35.5. The third kappa shape index (κ3) is 4.24. The van der Waals surface area contributed by atoms with Crippen LogP contribution in [0.25, 0.3) is 17.1 Å². The summed E-state index contributed by atoms with van der Waals surface area (Å²) < 4.78 is 25.1. The van der Waals surface area contributed by atoms with Gasteiger partial charge in [0.15, 0.2) is 15.7 Å². The lowest BCUT2D eigenvalue weighted by Gasteiger charge is -2.28. The molecular weight excluding hydrogens is 445 g/mol. The Hall–Kier alpha value is -2.35. The first kappa shape index (κ1) is 20.9. The van der Waals surface area contributed by atoms with Crippen LogP contribution in [0, 0.1) is 6.92 Å². The maximum absolute atomic E-state index is 13.2. The highest BCUT2D eigenvalue weighted by Gasteiger charge is 2.24. The molecule has 0 spiro atoms. The van der Waals surface area contributed by atoms with E-state index in [4.69, 9.17) is 28.2 Å². The van der Waals surface area contributed by atoms with Gasteiger partial charge in [-0.05, 0) is 37.3 Å². The number of sulfone groups is 1. The summed E-state index contributed by atoms with van der Waals surface area (Å²) >= 11 is 12.5. The predicted molar refractivity (Wildman–Crippen MR) is 121 cm³/mol. The lowest BCUT2D eigenvalue weighted by molar-refractivity contribution is 0.586. The standard InChI is InChI=1S/C21H19Cl2N3O3S/c1-14-2-5-16(6-3-14)26-20(27)13-19(25-8-10-30(28,29)11-9-25)24-21(26)17-7-4-15(22)12-18(17)23/h2-7,12-13H,8-11H2,1H3. The Morgan fingerprint density at radius 1 is 0.967 bits per heavy atom. The molecule has 0 bridgehead atoms. The van der Waals surface area contributed by atoms with Gasteiger partial charge >= 0.3 is 0 Å². The van der Waals surface area contributed by atoms with Crippen LogP contribution in [-0.4, -0.2) is 42.6 Å². The van der Waals surface area contributed by atoms with Crippen LogP contribution in [0.15, 0.2) is 53.3 Å². The van der Waals surface area contributed by atoms with Crippen molar-refractivity contribution in [3.05, 3.63) is 74.5 Å². The molecule has 1 aliphatic heterocycles. The van der Waals surface area contributed by atoms with Crippen molar-refractivity contribution < 1.29 is 8.42 Å². The molecule has 0 radical (unpaired) electrons. The van der Waals surface area contributed by atoms with Crippen molar-refractivity contribution >= 4 is 38.9 Å². The van der Waals surface area contributed by atoms with Gasteiger partial charge < -0.3 is 4.90 Å². The van der Waals surface area contributed by atoms with E-state index in [-0.39, 0.29) is 30.2 Å². The second-order valence-electron chi connectivity index (χ2n) is 7.21. The molecule has 1 saturated heterocycles. The number of aromatic nitrogens is 2. The van der Waals surface area contributed by atoms with Crippen molar-refractivity contribution in [1.29, 1.82) is 0 Å². The highest BCUT2D eigenvalue weighted by molar-refractivity contribution is 7.91.